The molecule has 1 heterocycles. The van der Waals surface area contributed by atoms with Crippen LogP contribution in [0.1, 0.15) is 52.1 Å². The van der Waals surface area contributed by atoms with Crippen molar-refractivity contribution < 1.29 is 0 Å². The van der Waals surface area contributed by atoms with Crippen molar-refractivity contribution in [1.29, 1.82) is 0 Å². The predicted molar refractivity (Wildman–Crippen MR) is 64.9 cm³/mol. The lowest BCUT2D eigenvalue weighted by molar-refractivity contribution is 0.635. The summed E-state index contributed by atoms with van der Waals surface area (Å²) < 4.78 is 2.13. The summed E-state index contributed by atoms with van der Waals surface area (Å²) >= 11 is 0. The first-order chi connectivity index (χ1) is 6.97. The number of anilines is 1. The highest BCUT2D eigenvalue weighted by Crippen LogP contribution is 2.22. The average Bonchev–Trinajstić information content (AvgIpc) is 2.43. The number of hydrogen-bond acceptors (Lipinski definition) is 2. The quantitative estimate of drug-likeness (QED) is 0.828. The molecule has 0 saturated heterocycles. The predicted octanol–water partition coefficient (Wildman–Crippen LogP) is 2.81. The van der Waals surface area contributed by atoms with E-state index in [-0.39, 0.29) is 0 Å². The van der Waals surface area contributed by atoms with Crippen LogP contribution >= 0.6 is 0 Å². The molecule has 0 aromatic carbocycles. The maximum Gasteiger partial charge on any atom is 0.126 e. The lowest BCUT2D eigenvalue weighted by Crippen LogP contribution is -2.07. The Hall–Kier alpha value is -0.990. The van der Waals surface area contributed by atoms with Crippen LogP contribution < -0.4 is 5.73 Å². The highest BCUT2D eigenvalue weighted by Gasteiger charge is 2.16. The van der Waals surface area contributed by atoms with Gasteiger partial charge in [0.05, 0.1) is 5.69 Å². The molecule has 1 aromatic rings. The minimum Gasteiger partial charge on any atom is -0.384 e. The second kappa shape index (κ2) is 4.69. The molecule has 0 aliphatic heterocycles. The van der Waals surface area contributed by atoms with Gasteiger partial charge >= 0.3 is 0 Å². The molecule has 0 fully saturated rings. The van der Waals surface area contributed by atoms with Gasteiger partial charge in [0.2, 0.25) is 0 Å². The Labute approximate surface area is 92.7 Å². The molecule has 1 aromatic heterocycles. The normalized spacial score (nSPS) is 11.7. The van der Waals surface area contributed by atoms with Crippen molar-refractivity contribution >= 4 is 5.82 Å². The van der Waals surface area contributed by atoms with Crippen LogP contribution in [-0.4, -0.2) is 9.55 Å². The molecule has 0 radical (unpaired) electrons. The number of nitrogen functional groups attached to an aromatic ring is 1. The van der Waals surface area contributed by atoms with Crippen molar-refractivity contribution in [3.8, 4) is 0 Å². The summed E-state index contributed by atoms with van der Waals surface area (Å²) in [5.41, 5.74) is 7.17. The van der Waals surface area contributed by atoms with Crippen LogP contribution in [0.5, 0.6) is 0 Å². The Morgan fingerprint density at radius 3 is 2.20 bits per heavy atom. The highest BCUT2D eigenvalue weighted by atomic mass is 15.1. The Bertz CT molecular complexity index is 324. The van der Waals surface area contributed by atoms with Crippen LogP contribution in [0.15, 0.2) is 0 Å². The Morgan fingerprint density at radius 2 is 1.87 bits per heavy atom. The van der Waals surface area contributed by atoms with Gasteiger partial charge < -0.3 is 10.3 Å². The SMILES string of the molecule is CCn1c(C(C)C)nc(CC(C)C)c1N. The fraction of sp³-hybridized carbons (Fsp3) is 0.750. The molecule has 0 bridgehead atoms. The number of nitrogens with two attached hydrogens (primary N) is 1. The Morgan fingerprint density at radius 1 is 1.27 bits per heavy atom. The smallest absolute Gasteiger partial charge is 0.126 e. The third-order valence-electron chi connectivity index (χ3n) is 2.55. The van der Waals surface area contributed by atoms with Gasteiger partial charge in [-0.1, -0.05) is 27.7 Å². The van der Waals surface area contributed by atoms with Gasteiger partial charge in [0.15, 0.2) is 0 Å². The van der Waals surface area contributed by atoms with Gasteiger partial charge in [-0.05, 0) is 19.3 Å². The zero-order chi connectivity index (χ0) is 11.6. The zero-order valence-electron chi connectivity index (χ0n) is 10.5. The van der Waals surface area contributed by atoms with Crippen LogP contribution in [0.2, 0.25) is 0 Å². The summed E-state index contributed by atoms with van der Waals surface area (Å²) in [6.07, 6.45) is 0.971. The molecule has 0 unspecified atom stereocenters. The molecule has 0 atom stereocenters. The van der Waals surface area contributed by atoms with Crippen molar-refractivity contribution in [2.75, 3.05) is 5.73 Å². The largest absolute Gasteiger partial charge is 0.384 e. The van der Waals surface area contributed by atoms with Crippen molar-refractivity contribution in [3.05, 3.63) is 11.5 Å². The Kier molecular flexibility index (Phi) is 3.77. The summed E-state index contributed by atoms with van der Waals surface area (Å²) in [5.74, 6) is 3.02. The molecule has 2 N–H and O–H groups in total. The minimum atomic E-state index is 0.438. The molecule has 0 aliphatic rings. The first-order valence-corrected chi connectivity index (χ1v) is 5.82. The highest BCUT2D eigenvalue weighted by molar-refractivity contribution is 5.39. The zero-order valence-corrected chi connectivity index (χ0v) is 10.5. The summed E-state index contributed by atoms with van der Waals surface area (Å²) in [6, 6.07) is 0. The molecule has 15 heavy (non-hydrogen) atoms. The minimum absolute atomic E-state index is 0.438. The third-order valence-corrected chi connectivity index (χ3v) is 2.55. The summed E-state index contributed by atoms with van der Waals surface area (Å²) in [4.78, 5) is 4.66. The number of rotatable bonds is 4. The van der Waals surface area contributed by atoms with Crippen molar-refractivity contribution in [2.24, 2.45) is 5.92 Å². The summed E-state index contributed by atoms with van der Waals surface area (Å²) in [7, 11) is 0. The maximum absolute atomic E-state index is 6.10. The van der Waals surface area contributed by atoms with Crippen molar-refractivity contribution in [2.45, 2.75) is 53.5 Å². The molecule has 0 aliphatic carbocycles. The first-order valence-electron chi connectivity index (χ1n) is 5.82. The van der Waals surface area contributed by atoms with Crippen molar-refractivity contribution in [1.82, 2.24) is 9.55 Å². The van der Waals surface area contributed by atoms with Gasteiger partial charge in [-0.2, -0.15) is 0 Å². The van der Waals surface area contributed by atoms with Gasteiger partial charge in [-0.25, -0.2) is 4.98 Å². The monoisotopic (exact) mass is 209 g/mol. The lowest BCUT2D eigenvalue weighted by Gasteiger charge is -2.08. The molecular formula is C12H23N3. The molecule has 1 rings (SSSR count). The molecule has 0 amide bonds. The number of aromatic nitrogens is 2. The average molecular weight is 209 g/mol. The second-order valence-electron chi connectivity index (χ2n) is 4.80. The molecule has 3 nitrogen and oxygen atoms in total. The molecule has 3 heteroatoms. The van der Waals surface area contributed by atoms with Gasteiger partial charge in [0, 0.05) is 12.5 Å². The van der Waals surface area contributed by atoms with Crippen LogP contribution in [0.25, 0.3) is 0 Å². The van der Waals surface area contributed by atoms with Gasteiger partial charge in [0.25, 0.3) is 0 Å². The van der Waals surface area contributed by atoms with E-state index in [1.807, 2.05) is 0 Å². The molecule has 0 spiro atoms. The maximum atomic E-state index is 6.10. The van der Waals surface area contributed by atoms with E-state index in [0.717, 1.165) is 30.3 Å². The van der Waals surface area contributed by atoms with Crippen LogP contribution in [0, 0.1) is 5.92 Å². The third kappa shape index (κ3) is 2.52. The van der Waals surface area contributed by atoms with Gasteiger partial charge in [0.1, 0.15) is 11.6 Å². The van der Waals surface area contributed by atoms with Gasteiger partial charge in [-0.15, -0.1) is 0 Å². The van der Waals surface area contributed by atoms with Crippen molar-refractivity contribution in [3.63, 3.8) is 0 Å². The molecule has 0 saturated carbocycles. The second-order valence-corrected chi connectivity index (χ2v) is 4.80. The van der Waals surface area contributed by atoms with E-state index in [9.17, 15) is 0 Å². The van der Waals surface area contributed by atoms with E-state index in [2.05, 4.69) is 44.2 Å². The van der Waals surface area contributed by atoms with E-state index in [4.69, 9.17) is 5.73 Å². The first kappa shape index (κ1) is 12.1. The molecular weight excluding hydrogens is 186 g/mol. The lowest BCUT2D eigenvalue weighted by atomic mass is 10.1. The summed E-state index contributed by atoms with van der Waals surface area (Å²) in [5, 5.41) is 0. The topological polar surface area (TPSA) is 43.8 Å². The number of nitrogens with zero attached hydrogens (tertiary/aromatic N) is 2. The van der Waals surface area contributed by atoms with Crippen LogP contribution in [-0.2, 0) is 13.0 Å². The number of hydrogen-bond donors (Lipinski definition) is 1. The Balaban J connectivity index is 3.09. The fourth-order valence-electron chi connectivity index (χ4n) is 1.85. The van der Waals surface area contributed by atoms with Crippen LogP contribution in [0.3, 0.4) is 0 Å². The van der Waals surface area contributed by atoms with E-state index in [1.165, 1.54) is 0 Å². The summed E-state index contributed by atoms with van der Waals surface area (Å²) in [6.45, 7) is 11.7. The van der Waals surface area contributed by atoms with Gasteiger partial charge in [-0.3, -0.25) is 0 Å². The molecule has 86 valence electrons. The van der Waals surface area contributed by atoms with E-state index >= 15 is 0 Å². The van der Waals surface area contributed by atoms with Crippen LogP contribution in [0.4, 0.5) is 5.82 Å². The van der Waals surface area contributed by atoms with E-state index in [1.54, 1.807) is 0 Å². The fourth-order valence-corrected chi connectivity index (χ4v) is 1.85. The van der Waals surface area contributed by atoms with E-state index < -0.39 is 0 Å². The van der Waals surface area contributed by atoms with E-state index in [0.29, 0.717) is 11.8 Å². The standard InChI is InChI=1S/C12H23N3/c1-6-15-11(13)10(7-8(2)3)14-12(15)9(4)5/h8-9H,6-7,13H2,1-5H3. The number of imidazole rings is 1.